The molecule has 1 unspecified atom stereocenters. The summed E-state index contributed by atoms with van der Waals surface area (Å²) in [5, 5.41) is 11.7. The lowest BCUT2D eigenvalue weighted by molar-refractivity contribution is 0.105. The molecule has 0 aliphatic rings. The Balaban J connectivity index is 2.28. The summed E-state index contributed by atoms with van der Waals surface area (Å²) in [6.45, 7) is 5.05. The second-order valence-electron chi connectivity index (χ2n) is 4.83. The van der Waals surface area contributed by atoms with Gasteiger partial charge in [-0.15, -0.1) is 0 Å². The fourth-order valence-corrected chi connectivity index (χ4v) is 2.01. The van der Waals surface area contributed by atoms with E-state index in [4.69, 9.17) is 9.47 Å². The van der Waals surface area contributed by atoms with Gasteiger partial charge in [-0.25, -0.2) is 0 Å². The van der Waals surface area contributed by atoms with Crippen molar-refractivity contribution in [3.8, 4) is 11.5 Å². The summed E-state index contributed by atoms with van der Waals surface area (Å²) in [6, 6.07) is 11.9. The van der Waals surface area contributed by atoms with Crippen LogP contribution in [0, 0.1) is 0 Å². The van der Waals surface area contributed by atoms with Crippen molar-refractivity contribution in [1.82, 2.24) is 0 Å². The number of benzene rings is 2. The number of ether oxygens (including phenoxy) is 2. The Bertz CT molecular complexity index is 551. The van der Waals surface area contributed by atoms with E-state index >= 15 is 0 Å². The first kappa shape index (κ1) is 14.7. The van der Waals surface area contributed by atoms with Crippen LogP contribution in [-0.2, 0) is 0 Å². The molecule has 3 heteroatoms. The Morgan fingerprint density at radius 2 is 1.55 bits per heavy atom. The number of hydrogen-bond donors (Lipinski definition) is 1. The van der Waals surface area contributed by atoms with Crippen molar-refractivity contribution in [3.05, 3.63) is 36.4 Å². The van der Waals surface area contributed by atoms with Gasteiger partial charge in [0, 0.05) is 10.8 Å². The predicted molar refractivity (Wildman–Crippen MR) is 81.5 cm³/mol. The fourth-order valence-electron chi connectivity index (χ4n) is 2.01. The summed E-state index contributed by atoms with van der Waals surface area (Å²) in [4.78, 5) is 0. The Kier molecular flexibility index (Phi) is 5.24. The van der Waals surface area contributed by atoms with Crippen LogP contribution >= 0.6 is 0 Å². The van der Waals surface area contributed by atoms with Gasteiger partial charge < -0.3 is 14.6 Å². The summed E-state index contributed by atoms with van der Waals surface area (Å²) in [5.74, 6) is 1.67. The molecule has 0 saturated heterocycles. The highest BCUT2D eigenvalue weighted by atomic mass is 16.5. The Hall–Kier alpha value is -1.74. The van der Waals surface area contributed by atoms with Crippen molar-refractivity contribution >= 4 is 10.8 Å². The highest BCUT2D eigenvalue weighted by Crippen LogP contribution is 2.33. The number of aliphatic hydroxyl groups is 1. The molecule has 0 heterocycles. The van der Waals surface area contributed by atoms with Gasteiger partial charge in [0.15, 0.2) is 0 Å². The molecule has 20 heavy (non-hydrogen) atoms. The third-order valence-electron chi connectivity index (χ3n) is 3.21. The Morgan fingerprint density at radius 1 is 0.950 bits per heavy atom. The molecular formula is C17H22O3. The average Bonchev–Trinajstić information content (AvgIpc) is 2.50. The van der Waals surface area contributed by atoms with Crippen molar-refractivity contribution < 1.29 is 14.6 Å². The number of fused-ring (bicyclic) bond motifs is 1. The molecule has 108 valence electrons. The molecule has 0 amide bonds. The van der Waals surface area contributed by atoms with E-state index in [1.165, 1.54) is 0 Å². The van der Waals surface area contributed by atoms with Crippen LogP contribution in [0.5, 0.6) is 11.5 Å². The molecule has 0 aliphatic heterocycles. The average molecular weight is 274 g/mol. The smallest absolute Gasteiger partial charge is 0.127 e. The highest BCUT2D eigenvalue weighted by molar-refractivity contribution is 5.93. The zero-order chi connectivity index (χ0) is 14.4. The van der Waals surface area contributed by atoms with Crippen LogP contribution in [-0.4, -0.2) is 24.4 Å². The van der Waals surface area contributed by atoms with Crippen LogP contribution < -0.4 is 9.47 Å². The van der Waals surface area contributed by atoms with Crippen LogP contribution in [0.15, 0.2) is 36.4 Å². The molecular weight excluding hydrogens is 252 g/mol. The Morgan fingerprint density at radius 3 is 2.10 bits per heavy atom. The van der Waals surface area contributed by atoms with E-state index in [1.807, 2.05) is 43.3 Å². The molecule has 0 aromatic heterocycles. The lowest BCUT2D eigenvalue weighted by Gasteiger charge is -2.14. The predicted octanol–water partition coefficient (Wildman–Crippen LogP) is 3.78. The van der Waals surface area contributed by atoms with Crippen molar-refractivity contribution in [2.24, 2.45) is 0 Å². The Labute approximate surface area is 120 Å². The second kappa shape index (κ2) is 7.15. The first-order valence-corrected chi connectivity index (χ1v) is 7.21. The second-order valence-corrected chi connectivity index (χ2v) is 4.83. The molecule has 0 spiro atoms. The minimum atomic E-state index is -0.426. The van der Waals surface area contributed by atoms with Gasteiger partial charge in [0.25, 0.3) is 0 Å². The van der Waals surface area contributed by atoms with Crippen LogP contribution in [0.4, 0.5) is 0 Å². The van der Waals surface area contributed by atoms with E-state index in [9.17, 15) is 5.11 Å². The molecule has 2 rings (SSSR count). The maximum atomic E-state index is 9.61. The summed E-state index contributed by atoms with van der Waals surface area (Å²) in [7, 11) is 0. The summed E-state index contributed by atoms with van der Waals surface area (Å²) < 4.78 is 11.5. The lowest BCUT2D eigenvalue weighted by Crippen LogP contribution is -2.16. The van der Waals surface area contributed by atoms with E-state index in [0.29, 0.717) is 19.6 Å². The number of aliphatic hydroxyl groups excluding tert-OH is 1. The maximum absolute atomic E-state index is 9.61. The molecule has 2 aromatic carbocycles. The van der Waals surface area contributed by atoms with E-state index < -0.39 is 6.10 Å². The van der Waals surface area contributed by atoms with Crippen molar-refractivity contribution in [2.75, 3.05) is 13.2 Å². The zero-order valence-electron chi connectivity index (χ0n) is 12.1. The molecule has 0 fully saturated rings. The largest absolute Gasteiger partial charge is 0.493 e. The summed E-state index contributed by atoms with van der Waals surface area (Å²) >= 11 is 0. The van der Waals surface area contributed by atoms with E-state index in [-0.39, 0.29) is 0 Å². The number of hydrogen-bond acceptors (Lipinski definition) is 3. The summed E-state index contributed by atoms with van der Waals surface area (Å²) in [6.07, 6.45) is 1.25. The van der Waals surface area contributed by atoms with Crippen LogP contribution in [0.1, 0.15) is 26.7 Å². The molecule has 2 aromatic rings. The van der Waals surface area contributed by atoms with Gasteiger partial charge in [-0.2, -0.15) is 0 Å². The van der Waals surface area contributed by atoms with Gasteiger partial charge in [-0.1, -0.05) is 38.1 Å². The minimum absolute atomic E-state index is 0.315. The van der Waals surface area contributed by atoms with E-state index in [1.54, 1.807) is 0 Å². The molecule has 1 N–H and O–H groups in total. The third-order valence-corrected chi connectivity index (χ3v) is 3.21. The van der Waals surface area contributed by atoms with E-state index in [2.05, 4.69) is 6.92 Å². The zero-order valence-corrected chi connectivity index (χ0v) is 12.1. The molecule has 0 bridgehead atoms. The molecule has 0 saturated carbocycles. The van der Waals surface area contributed by atoms with Gasteiger partial charge in [0.1, 0.15) is 18.1 Å². The summed E-state index contributed by atoms with van der Waals surface area (Å²) in [5.41, 5.74) is 0. The van der Waals surface area contributed by atoms with Crippen LogP contribution in [0.2, 0.25) is 0 Å². The molecule has 0 aliphatic carbocycles. The minimum Gasteiger partial charge on any atom is -0.493 e. The first-order valence-electron chi connectivity index (χ1n) is 7.21. The SMILES string of the molecule is CCCOc1ccc(OCC(O)CC)c2ccccc12. The standard InChI is InChI=1S/C17H22O3/c1-3-11-19-16-9-10-17(20-12-13(18)4-2)15-8-6-5-7-14(15)16/h5-10,13,18H,3-4,11-12H2,1-2H3. The van der Waals surface area contributed by atoms with Crippen LogP contribution in [0.3, 0.4) is 0 Å². The monoisotopic (exact) mass is 274 g/mol. The normalized spacial score (nSPS) is 12.3. The molecule has 0 radical (unpaired) electrons. The number of rotatable bonds is 7. The van der Waals surface area contributed by atoms with Crippen molar-refractivity contribution in [3.63, 3.8) is 0 Å². The lowest BCUT2D eigenvalue weighted by atomic mass is 10.1. The van der Waals surface area contributed by atoms with Gasteiger partial charge in [0.05, 0.1) is 12.7 Å². The van der Waals surface area contributed by atoms with E-state index in [0.717, 1.165) is 28.7 Å². The third kappa shape index (κ3) is 3.42. The first-order chi connectivity index (χ1) is 9.76. The van der Waals surface area contributed by atoms with Gasteiger partial charge >= 0.3 is 0 Å². The van der Waals surface area contributed by atoms with Crippen molar-refractivity contribution in [2.45, 2.75) is 32.8 Å². The van der Waals surface area contributed by atoms with Gasteiger partial charge in [-0.05, 0) is 25.0 Å². The van der Waals surface area contributed by atoms with Crippen molar-refractivity contribution in [1.29, 1.82) is 0 Å². The van der Waals surface area contributed by atoms with Gasteiger partial charge in [-0.3, -0.25) is 0 Å². The molecule has 1 atom stereocenters. The maximum Gasteiger partial charge on any atom is 0.127 e. The van der Waals surface area contributed by atoms with Crippen LogP contribution in [0.25, 0.3) is 10.8 Å². The highest BCUT2D eigenvalue weighted by Gasteiger charge is 2.09. The fraction of sp³-hybridized carbons (Fsp3) is 0.412. The quantitative estimate of drug-likeness (QED) is 0.835. The van der Waals surface area contributed by atoms with Gasteiger partial charge in [0.2, 0.25) is 0 Å². The molecule has 3 nitrogen and oxygen atoms in total. The topological polar surface area (TPSA) is 38.7 Å².